The van der Waals surface area contributed by atoms with Gasteiger partial charge in [0, 0.05) is 19.8 Å². The number of aliphatic hydroxyl groups is 2. The second kappa shape index (κ2) is 6.49. The number of fused-ring (bicyclic) bond motifs is 1. The maximum atomic E-state index is 11.7. The Morgan fingerprint density at radius 3 is 2.85 bits per heavy atom. The van der Waals surface area contributed by atoms with E-state index in [9.17, 15) is 4.79 Å². The van der Waals surface area contributed by atoms with E-state index in [4.69, 9.17) is 15.9 Å². The van der Waals surface area contributed by atoms with Crippen LogP contribution in [0.25, 0.3) is 11.2 Å². The highest BCUT2D eigenvalue weighted by molar-refractivity contribution is 5.70. The van der Waals surface area contributed by atoms with Crippen molar-refractivity contribution in [1.29, 1.82) is 0 Å². The van der Waals surface area contributed by atoms with Crippen LogP contribution in [0.5, 0.6) is 0 Å². The molecule has 0 bridgehead atoms. The first-order valence-electron chi connectivity index (χ1n) is 6.58. The summed E-state index contributed by atoms with van der Waals surface area (Å²) in [5, 5.41) is 18.0. The molecule has 2 aromatic rings. The Bertz CT molecular complexity index is 621. The second-order valence-corrected chi connectivity index (χ2v) is 4.76. The number of hydrogen-bond acceptors (Lipinski definition) is 6. The molecule has 2 aromatic heterocycles. The minimum atomic E-state index is -0.361. The maximum absolute atomic E-state index is 11.7. The van der Waals surface area contributed by atoms with E-state index in [1.54, 1.807) is 10.9 Å². The van der Waals surface area contributed by atoms with Crippen molar-refractivity contribution >= 4 is 17.1 Å². The van der Waals surface area contributed by atoms with Gasteiger partial charge in [-0.3, -0.25) is 9.78 Å². The SMILES string of the molecule is Nc1nc2c(ncn2CC(CCO)CCCO)c(=O)[nH]1. The Kier molecular flexibility index (Phi) is 4.70. The molecule has 0 aliphatic rings. The number of H-pyrrole nitrogens is 1. The van der Waals surface area contributed by atoms with Crippen molar-refractivity contribution < 1.29 is 10.2 Å². The van der Waals surface area contributed by atoms with E-state index in [1.165, 1.54) is 0 Å². The second-order valence-electron chi connectivity index (χ2n) is 4.76. The number of nitrogens with one attached hydrogen (secondary N) is 1. The van der Waals surface area contributed by atoms with Gasteiger partial charge in [0.15, 0.2) is 11.2 Å². The van der Waals surface area contributed by atoms with Gasteiger partial charge >= 0.3 is 0 Å². The van der Waals surface area contributed by atoms with Crippen LogP contribution in [0.2, 0.25) is 0 Å². The first-order chi connectivity index (χ1) is 9.65. The van der Waals surface area contributed by atoms with Crippen molar-refractivity contribution in [2.75, 3.05) is 18.9 Å². The van der Waals surface area contributed by atoms with Crippen LogP contribution in [0.4, 0.5) is 5.95 Å². The number of aromatic nitrogens is 4. The molecule has 5 N–H and O–H groups in total. The van der Waals surface area contributed by atoms with Crippen LogP contribution < -0.4 is 11.3 Å². The van der Waals surface area contributed by atoms with Crippen LogP contribution in [0.15, 0.2) is 11.1 Å². The minimum absolute atomic E-state index is 0.0540. The fraction of sp³-hybridized carbons (Fsp3) is 0.583. The summed E-state index contributed by atoms with van der Waals surface area (Å²) in [5.41, 5.74) is 5.88. The minimum Gasteiger partial charge on any atom is -0.396 e. The number of rotatable bonds is 7. The Morgan fingerprint density at radius 2 is 2.15 bits per heavy atom. The average molecular weight is 281 g/mol. The molecule has 0 saturated carbocycles. The first-order valence-corrected chi connectivity index (χ1v) is 6.58. The molecule has 0 radical (unpaired) electrons. The lowest BCUT2D eigenvalue weighted by atomic mass is 10.00. The Balaban J connectivity index is 2.25. The van der Waals surface area contributed by atoms with Gasteiger partial charge in [-0.1, -0.05) is 0 Å². The lowest BCUT2D eigenvalue weighted by Crippen LogP contribution is -2.15. The zero-order valence-corrected chi connectivity index (χ0v) is 11.1. The van der Waals surface area contributed by atoms with Crippen LogP contribution in [0, 0.1) is 5.92 Å². The molecular weight excluding hydrogens is 262 g/mol. The molecule has 2 rings (SSSR count). The van der Waals surface area contributed by atoms with Crippen molar-refractivity contribution in [2.45, 2.75) is 25.8 Å². The molecule has 0 amide bonds. The highest BCUT2D eigenvalue weighted by atomic mass is 16.3. The van der Waals surface area contributed by atoms with Crippen molar-refractivity contribution in [3.8, 4) is 0 Å². The van der Waals surface area contributed by atoms with E-state index in [2.05, 4.69) is 15.0 Å². The fourth-order valence-electron chi connectivity index (χ4n) is 2.27. The van der Waals surface area contributed by atoms with Gasteiger partial charge in [0.05, 0.1) is 6.33 Å². The largest absolute Gasteiger partial charge is 0.396 e. The van der Waals surface area contributed by atoms with E-state index in [0.717, 1.165) is 6.42 Å². The van der Waals surface area contributed by atoms with Crippen LogP contribution in [0.3, 0.4) is 0 Å². The van der Waals surface area contributed by atoms with Gasteiger partial charge in [-0.25, -0.2) is 4.98 Å². The lowest BCUT2D eigenvalue weighted by Gasteiger charge is -2.16. The van der Waals surface area contributed by atoms with Gasteiger partial charge in [0.1, 0.15) is 0 Å². The lowest BCUT2D eigenvalue weighted by molar-refractivity contribution is 0.222. The molecule has 0 aromatic carbocycles. The van der Waals surface area contributed by atoms with Crippen molar-refractivity contribution in [3.05, 3.63) is 16.7 Å². The predicted molar refractivity (Wildman–Crippen MR) is 74.1 cm³/mol. The maximum Gasteiger partial charge on any atom is 0.280 e. The third-order valence-electron chi connectivity index (χ3n) is 3.26. The van der Waals surface area contributed by atoms with Crippen molar-refractivity contribution in [1.82, 2.24) is 19.5 Å². The van der Waals surface area contributed by atoms with Crippen LogP contribution >= 0.6 is 0 Å². The average Bonchev–Trinajstić information content (AvgIpc) is 2.79. The Labute approximate surface area is 115 Å². The molecule has 20 heavy (non-hydrogen) atoms. The summed E-state index contributed by atoms with van der Waals surface area (Å²) in [6, 6.07) is 0. The number of hydrogen-bond donors (Lipinski definition) is 4. The number of nitrogens with zero attached hydrogens (tertiary/aromatic N) is 3. The first kappa shape index (κ1) is 14.5. The van der Waals surface area contributed by atoms with Gasteiger partial charge in [-0.2, -0.15) is 4.98 Å². The molecule has 1 unspecified atom stereocenters. The quantitative estimate of drug-likeness (QED) is 0.540. The predicted octanol–water partition coefficient (Wildman–Crippen LogP) is -0.527. The molecule has 0 saturated heterocycles. The summed E-state index contributed by atoms with van der Waals surface area (Å²) in [5.74, 6) is 0.241. The normalized spacial score (nSPS) is 12.9. The smallest absolute Gasteiger partial charge is 0.280 e. The standard InChI is InChI=1S/C12H19N5O3/c13-12-15-10-9(11(20)16-12)14-7-17(10)6-8(3-5-19)2-1-4-18/h7-8,18-19H,1-6H2,(H3,13,15,16,20). The highest BCUT2D eigenvalue weighted by Crippen LogP contribution is 2.16. The molecular formula is C12H19N5O3. The van der Waals surface area contributed by atoms with Crippen LogP contribution in [0.1, 0.15) is 19.3 Å². The van der Waals surface area contributed by atoms with Gasteiger partial charge in [0.25, 0.3) is 5.56 Å². The number of anilines is 1. The summed E-state index contributed by atoms with van der Waals surface area (Å²) in [7, 11) is 0. The van der Waals surface area contributed by atoms with Crippen LogP contribution in [-0.4, -0.2) is 42.9 Å². The molecule has 8 heteroatoms. The Morgan fingerprint density at radius 1 is 1.35 bits per heavy atom. The van der Waals surface area contributed by atoms with Gasteiger partial charge in [-0.05, 0) is 25.2 Å². The molecule has 2 heterocycles. The van der Waals surface area contributed by atoms with E-state index >= 15 is 0 Å². The number of aliphatic hydroxyl groups excluding tert-OH is 2. The number of aromatic amines is 1. The zero-order chi connectivity index (χ0) is 14.5. The number of nitrogen functional groups attached to an aromatic ring is 1. The summed E-state index contributed by atoms with van der Waals surface area (Å²) in [6.45, 7) is 0.781. The molecule has 0 aliphatic carbocycles. The van der Waals surface area contributed by atoms with Crippen LogP contribution in [-0.2, 0) is 6.54 Å². The highest BCUT2D eigenvalue weighted by Gasteiger charge is 2.14. The van der Waals surface area contributed by atoms with Crippen molar-refractivity contribution in [3.63, 3.8) is 0 Å². The van der Waals surface area contributed by atoms with E-state index in [-0.39, 0.29) is 36.2 Å². The zero-order valence-electron chi connectivity index (χ0n) is 11.1. The summed E-state index contributed by atoms with van der Waals surface area (Å²) in [6.07, 6.45) is 3.64. The van der Waals surface area contributed by atoms with Gasteiger partial charge in [-0.15, -0.1) is 0 Å². The van der Waals surface area contributed by atoms with E-state index in [1.807, 2.05) is 0 Å². The molecule has 110 valence electrons. The number of imidazole rings is 1. The summed E-state index contributed by atoms with van der Waals surface area (Å²) in [4.78, 5) is 22.2. The third-order valence-corrected chi connectivity index (χ3v) is 3.26. The summed E-state index contributed by atoms with van der Waals surface area (Å²) >= 11 is 0. The summed E-state index contributed by atoms with van der Waals surface area (Å²) < 4.78 is 1.76. The Hall–Kier alpha value is -1.93. The molecule has 8 nitrogen and oxygen atoms in total. The third kappa shape index (κ3) is 3.14. The fourth-order valence-corrected chi connectivity index (χ4v) is 2.27. The van der Waals surface area contributed by atoms with Gasteiger partial charge in [0.2, 0.25) is 5.95 Å². The van der Waals surface area contributed by atoms with Crippen molar-refractivity contribution in [2.24, 2.45) is 5.92 Å². The molecule has 0 fully saturated rings. The molecule has 0 spiro atoms. The monoisotopic (exact) mass is 281 g/mol. The topological polar surface area (TPSA) is 130 Å². The van der Waals surface area contributed by atoms with E-state index < -0.39 is 0 Å². The number of nitrogens with two attached hydrogens (primary N) is 1. The van der Waals surface area contributed by atoms with Gasteiger partial charge < -0.3 is 20.5 Å². The molecule has 0 aliphatic heterocycles. The molecule has 1 atom stereocenters. The van der Waals surface area contributed by atoms with E-state index in [0.29, 0.717) is 25.0 Å².